The monoisotopic (exact) mass is 390 g/mol. The first-order valence-corrected chi connectivity index (χ1v) is 10.2. The number of benzene rings is 2. The highest BCUT2D eigenvalue weighted by atomic mass is 32.2. The predicted molar refractivity (Wildman–Crippen MR) is 99.9 cm³/mol. The molecule has 2 aromatic carbocycles. The molecule has 27 heavy (non-hydrogen) atoms. The van der Waals surface area contributed by atoms with Crippen molar-refractivity contribution in [3.63, 3.8) is 0 Å². The highest BCUT2D eigenvalue weighted by molar-refractivity contribution is 7.91. The minimum atomic E-state index is -3.08. The molecule has 0 spiro atoms. The maximum Gasteiger partial charge on any atom is 0.255 e. The van der Waals surface area contributed by atoms with Gasteiger partial charge in [0.05, 0.1) is 11.5 Å². The number of hydrogen-bond donors (Lipinski definition) is 1. The van der Waals surface area contributed by atoms with Crippen LogP contribution in [-0.4, -0.2) is 49.7 Å². The normalized spacial score (nSPS) is 18.1. The number of hydrogen-bond acceptors (Lipinski definition) is 4. The first kappa shape index (κ1) is 19.0. The fraction of sp³-hybridized carbons (Fsp3) is 0.263. The van der Waals surface area contributed by atoms with Gasteiger partial charge >= 0.3 is 0 Å². The number of halogens is 1. The summed E-state index contributed by atoms with van der Waals surface area (Å²) >= 11 is 0. The third-order valence-electron chi connectivity index (χ3n) is 4.57. The zero-order valence-electron chi connectivity index (χ0n) is 14.7. The number of nitrogens with one attached hydrogen (secondary N) is 1. The minimum Gasteiger partial charge on any atom is -0.338 e. The van der Waals surface area contributed by atoms with Crippen LogP contribution in [0.5, 0.6) is 0 Å². The molecule has 0 radical (unpaired) electrons. The molecule has 1 heterocycles. The molecule has 1 N–H and O–H groups in total. The van der Waals surface area contributed by atoms with Gasteiger partial charge in [-0.25, -0.2) is 12.8 Å². The molecule has 0 aromatic heterocycles. The van der Waals surface area contributed by atoms with Gasteiger partial charge in [-0.3, -0.25) is 9.59 Å². The third kappa shape index (κ3) is 4.51. The predicted octanol–water partition coefficient (Wildman–Crippen LogP) is 2.34. The zero-order chi connectivity index (χ0) is 19.6. The molecule has 1 aliphatic rings. The molecule has 1 saturated heterocycles. The van der Waals surface area contributed by atoms with Crippen molar-refractivity contribution in [2.45, 2.75) is 12.5 Å². The van der Waals surface area contributed by atoms with Gasteiger partial charge in [-0.15, -0.1) is 0 Å². The van der Waals surface area contributed by atoms with Crippen LogP contribution >= 0.6 is 0 Å². The number of sulfone groups is 1. The van der Waals surface area contributed by atoms with E-state index in [9.17, 15) is 22.4 Å². The highest BCUT2D eigenvalue weighted by Crippen LogP contribution is 2.19. The van der Waals surface area contributed by atoms with Crippen LogP contribution in [-0.2, 0) is 9.84 Å². The van der Waals surface area contributed by atoms with Crippen LogP contribution in [0.1, 0.15) is 27.1 Å². The smallest absolute Gasteiger partial charge is 0.255 e. The van der Waals surface area contributed by atoms with Crippen LogP contribution < -0.4 is 5.32 Å². The van der Waals surface area contributed by atoms with Gasteiger partial charge < -0.3 is 10.2 Å². The summed E-state index contributed by atoms with van der Waals surface area (Å²) in [5.74, 6) is -0.987. The SMILES string of the molecule is CN(C(=O)c1ccc(C(=O)Nc2ccc(F)cc2)cc1)C1CCS(=O)(=O)C1. The molecule has 0 saturated carbocycles. The number of nitrogens with zero attached hydrogens (tertiary/aromatic N) is 1. The van der Waals surface area contributed by atoms with Gasteiger partial charge in [0.1, 0.15) is 5.82 Å². The number of amides is 2. The van der Waals surface area contributed by atoms with E-state index in [0.29, 0.717) is 23.2 Å². The fourth-order valence-electron chi connectivity index (χ4n) is 2.95. The first-order valence-electron chi connectivity index (χ1n) is 8.40. The van der Waals surface area contributed by atoms with Crippen LogP contribution in [0.25, 0.3) is 0 Å². The Kier molecular flexibility index (Phi) is 5.27. The van der Waals surface area contributed by atoms with Gasteiger partial charge in [-0.2, -0.15) is 0 Å². The molecule has 0 aliphatic carbocycles. The lowest BCUT2D eigenvalue weighted by atomic mass is 10.1. The van der Waals surface area contributed by atoms with E-state index in [2.05, 4.69) is 5.32 Å². The van der Waals surface area contributed by atoms with Gasteiger partial charge in [-0.1, -0.05) is 0 Å². The molecule has 2 amide bonds. The molecule has 1 aliphatic heterocycles. The Morgan fingerprint density at radius 1 is 1.04 bits per heavy atom. The largest absolute Gasteiger partial charge is 0.338 e. The van der Waals surface area contributed by atoms with Crippen molar-refractivity contribution in [2.75, 3.05) is 23.9 Å². The minimum absolute atomic E-state index is 0.0204. The van der Waals surface area contributed by atoms with Crippen LogP contribution in [0, 0.1) is 5.82 Å². The van der Waals surface area contributed by atoms with E-state index in [-0.39, 0.29) is 29.4 Å². The molecule has 1 fully saturated rings. The van der Waals surface area contributed by atoms with Crippen molar-refractivity contribution in [1.29, 1.82) is 0 Å². The molecule has 1 unspecified atom stereocenters. The summed E-state index contributed by atoms with van der Waals surface area (Å²) in [6.45, 7) is 0. The molecule has 0 bridgehead atoms. The van der Waals surface area contributed by atoms with Crippen molar-refractivity contribution >= 4 is 27.3 Å². The molecular formula is C19H19FN2O4S. The van der Waals surface area contributed by atoms with E-state index in [4.69, 9.17) is 0 Å². The Balaban J connectivity index is 1.66. The second kappa shape index (κ2) is 7.48. The Bertz CT molecular complexity index is 956. The maximum absolute atomic E-state index is 12.9. The fourth-order valence-corrected chi connectivity index (χ4v) is 4.73. The van der Waals surface area contributed by atoms with Gasteiger partial charge in [-0.05, 0) is 55.0 Å². The molecule has 6 nitrogen and oxygen atoms in total. The summed E-state index contributed by atoms with van der Waals surface area (Å²) in [6, 6.07) is 11.2. The lowest BCUT2D eigenvalue weighted by molar-refractivity contribution is 0.0747. The molecule has 1 atom stereocenters. The number of carbonyl (C=O) groups excluding carboxylic acids is 2. The second-order valence-corrected chi connectivity index (χ2v) is 8.74. The molecule has 3 rings (SSSR count). The van der Waals surface area contributed by atoms with Crippen molar-refractivity contribution in [2.24, 2.45) is 0 Å². The van der Waals surface area contributed by atoms with Crippen LogP contribution in [0.3, 0.4) is 0 Å². The second-order valence-electron chi connectivity index (χ2n) is 6.51. The quantitative estimate of drug-likeness (QED) is 0.869. The maximum atomic E-state index is 12.9. The topological polar surface area (TPSA) is 83.6 Å². The van der Waals surface area contributed by atoms with E-state index in [1.165, 1.54) is 53.4 Å². The average Bonchev–Trinajstić information content (AvgIpc) is 3.02. The van der Waals surface area contributed by atoms with Crippen LogP contribution in [0.4, 0.5) is 10.1 Å². The summed E-state index contributed by atoms with van der Waals surface area (Å²) in [5, 5.41) is 2.64. The Labute approximate surface area is 156 Å². The Morgan fingerprint density at radius 3 is 2.19 bits per heavy atom. The molecular weight excluding hydrogens is 371 g/mol. The van der Waals surface area contributed by atoms with Crippen LogP contribution in [0.2, 0.25) is 0 Å². The zero-order valence-corrected chi connectivity index (χ0v) is 15.5. The van der Waals surface area contributed by atoms with Crippen LogP contribution in [0.15, 0.2) is 48.5 Å². The summed E-state index contributed by atoms with van der Waals surface area (Å²) in [7, 11) is -1.49. The average molecular weight is 390 g/mol. The highest BCUT2D eigenvalue weighted by Gasteiger charge is 2.33. The van der Waals surface area contributed by atoms with Gasteiger partial charge in [0.15, 0.2) is 9.84 Å². The summed E-state index contributed by atoms with van der Waals surface area (Å²) < 4.78 is 36.1. The van der Waals surface area contributed by atoms with Gasteiger partial charge in [0.25, 0.3) is 11.8 Å². The first-order chi connectivity index (χ1) is 12.7. The molecule has 142 valence electrons. The molecule has 2 aromatic rings. The Morgan fingerprint density at radius 2 is 1.63 bits per heavy atom. The number of rotatable bonds is 4. The summed E-state index contributed by atoms with van der Waals surface area (Å²) in [4.78, 5) is 26.2. The standard InChI is InChI=1S/C19H19FN2O4S/c1-22(17-10-11-27(25,26)12-17)19(24)14-4-2-13(3-5-14)18(23)21-16-8-6-15(20)7-9-16/h2-9,17H,10-12H2,1H3,(H,21,23). The Hall–Kier alpha value is -2.74. The number of carbonyl (C=O) groups is 2. The van der Waals surface area contributed by atoms with Gasteiger partial charge in [0.2, 0.25) is 0 Å². The van der Waals surface area contributed by atoms with E-state index < -0.39 is 15.7 Å². The van der Waals surface area contributed by atoms with Gasteiger partial charge in [0, 0.05) is 29.9 Å². The van der Waals surface area contributed by atoms with Crippen molar-refractivity contribution in [1.82, 2.24) is 4.90 Å². The van der Waals surface area contributed by atoms with E-state index >= 15 is 0 Å². The van der Waals surface area contributed by atoms with E-state index in [1.54, 1.807) is 7.05 Å². The van der Waals surface area contributed by atoms with E-state index in [1.807, 2.05) is 0 Å². The van der Waals surface area contributed by atoms with E-state index in [0.717, 1.165) is 0 Å². The van der Waals surface area contributed by atoms with Crippen molar-refractivity contribution in [3.8, 4) is 0 Å². The third-order valence-corrected chi connectivity index (χ3v) is 6.32. The van der Waals surface area contributed by atoms with Crippen molar-refractivity contribution < 1.29 is 22.4 Å². The summed E-state index contributed by atoms with van der Waals surface area (Å²) in [5.41, 5.74) is 1.19. The summed E-state index contributed by atoms with van der Waals surface area (Å²) in [6.07, 6.45) is 0.433. The van der Waals surface area contributed by atoms with Crippen molar-refractivity contribution in [3.05, 3.63) is 65.5 Å². The lowest BCUT2D eigenvalue weighted by Gasteiger charge is -2.23. The lowest BCUT2D eigenvalue weighted by Crippen LogP contribution is -2.37. The number of anilines is 1. The molecule has 8 heteroatoms.